The molecule has 78 valence electrons. The number of tetrazole rings is 1. The second-order valence-electron chi connectivity index (χ2n) is 2.52. The Kier molecular flexibility index (Phi) is 2.70. The minimum Gasteiger partial charge on any atom is -0.277 e. The molecule has 0 aliphatic heterocycles. The Hall–Kier alpha value is -1.80. The molecule has 7 nitrogen and oxygen atoms in total. The van der Waals surface area contributed by atoms with Gasteiger partial charge in [-0.2, -0.15) is 4.68 Å². The summed E-state index contributed by atoms with van der Waals surface area (Å²) in [4.78, 5) is 16.6. The molecule has 1 amide bonds. The van der Waals surface area contributed by atoms with Gasteiger partial charge in [-0.05, 0) is 21.9 Å². The van der Waals surface area contributed by atoms with Crippen molar-refractivity contribution >= 4 is 17.2 Å². The third-order valence-electron chi connectivity index (χ3n) is 1.64. The lowest BCUT2D eigenvalue weighted by molar-refractivity contribution is 0.0542. The van der Waals surface area contributed by atoms with E-state index in [-0.39, 0.29) is 5.91 Å². The van der Waals surface area contributed by atoms with E-state index in [4.69, 9.17) is 0 Å². The lowest BCUT2D eigenvalue weighted by Gasteiger charge is -2.01. The minimum atomic E-state index is -0.321. The number of carbonyl (C=O) groups excluding carboxylic acids is 1. The van der Waals surface area contributed by atoms with Gasteiger partial charge in [0, 0.05) is 0 Å². The largest absolute Gasteiger partial charge is 0.287 e. The van der Waals surface area contributed by atoms with E-state index in [9.17, 15) is 4.79 Å². The van der Waals surface area contributed by atoms with Crippen LogP contribution in [0.2, 0.25) is 0 Å². The van der Waals surface area contributed by atoms with Gasteiger partial charge in [-0.25, -0.2) is 5.48 Å². The molecule has 1 N–H and O–H groups in total. The van der Waals surface area contributed by atoms with Crippen LogP contribution in [-0.2, 0) is 4.84 Å². The van der Waals surface area contributed by atoms with Gasteiger partial charge in [0.25, 0.3) is 5.91 Å². The number of thiophene rings is 1. The summed E-state index contributed by atoms with van der Waals surface area (Å²) in [5.74, 6) is -0.321. The summed E-state index contributed by atoms with van der Waals surface area (Å²) in [5, 5.41) is 12.5. The van der Waals surface area contributed by atoms with Crippen molar-refractivity contribution in [3.8, 4) is 5.69 Å². The third kappa shape index (κ3) is 1.85. The van der Waals surface area contributed by atoms with E-state index in [2.05, 4.69) is 25.8 Å². The van der Waals surface area contributed by atoms with Gasteiger partial charge < -0.3 is 0 Å². The van der Waals surface area contributed by atoms with Crippen LogP contribution in [0.4, 0.5) is 0 Å². The van der Waals surface area contributed by atoms with Crippen LogP contribution in [-0.4, -0.2) is 33.2 Å². The first-order chi connectivity index (χ1) is 7.33. The van der Waals surface area contributed by atoms with Gasteiger partial charge >= 0.3 is 0 Å². The first-order valence-electron chi connectivity index (χ1n) is 3.97. The van der Waals surface area contributed by atoms with Crippen LogP contribution >= 0.6 is 11.3 Å². The van der Waals surface area contributed by atoms with Crippen LogP contribution in [0.15, 0.2) is 17.8 Å². The second kappa shape index (κ2) is 4.15. The Morgan fingerprint density at radius 3 is 3.20 bits per heavy atom. The van der Waals surface area contributed by atoms with Crippen molar-refractivity contribution in [2.24, 2.45) is 0 Å². The molecule has 15 heavy (non-hydrogen) atoms. The van der Waals surface area contributed by atoms with Crippen LogP contribution in [0.1, 0.15) is 9.67 Å². The van der Waals surface area contributed by atoms with Crippen molar-refractivity contribution in [1.29, 1.82) is 0 Å². The first-order valence-corrected chi connectivity index (χ1v) is 4.85. The normalized spacial score (nSPS) is 10.2. The predicted octanol–water partition coefficient (Wildman–Crippen LogP) is 0.0150. The van der Waals surface area contributed by atoms with Gasteiger partial charge in [0.15, 0.2) is 0 Å². The quantitative estimate of drug-likeness (QED) is 0.744. The molecule has 0 bridgehead atoms. The Morgan fingerprint density at radius 1 is 1.67 bits per heavy atom. The topological polar surface area (TPSA) is 81.9 Å². The third-order valence-corrected chi connectivity index (χ3v) is 2.54. The molecule has 0 fully saturated rings. The van der Waals surface area contributed by atoms with E-state index >= 15 is 0 Å². The summed E-state index contributed by atoms with van der Waals surface area (Å²) in [5.41, 5.74) is 2.86. The smallest absolute Gasteiger partial charge is 0.277 e. The van der Waals surface area contributed by atoms with Crippen molar-refractivity contribution in [2.45, 2.75) is 0 Å². The standard InChI is InChI=1S/C7H7N5O2S/c1-14-9-7(13)6-5(2-3-15-6)12-4-8-10-11-12/h2-4H,1H3,(H,9,13). The summed E-state index contributed by atoms with van der Waals surface area (Å²) < 4.78 is 1.42. The highest BCUT2D eigenvalue weighted by Crippen LogP contribution is 2.19. The van der Waals surface area contributed by atoms with Crippen LogP contribution < -0.4 is 5.48 Å². The number of rotatable bonds is 3. The van der Waals surface area contributed by atoms with E-state index in [0.29, 0.717) is 10.6 Å². The highest BCUT2D eigenvalue weighted by molar-refractivity contribution is 7.12. The number of hydrogen-bond donors (Lipinski definition) is 1. The first kappa shape index (κ1) is 9.74. The summed E-state index contributed by atoms with van der Waals surface area (Å²) in [7, 11) is 1.38. The maximum atomic E-state index is 11.5. The fourth-order valence-electron chi connectivity index (χ4n) is 1.06. The van der Waals surface area contributed by atoms with E-state index in [1.807, 2.05) is 0 Å². The molecule has 8 heteroatoms. The molecule has 0 atom stereocenters. The molecule has 0 saturated heterocycles. The van der Waals surface area contributed by atoms with E-state index in [0.717, 1.165) is 0 Å². The van der Waals surface area contributed by atoms with Crippen LogP contribution in [0.5, 0.6) is 0 Å². The van der Waals surface area contributed by atoms with E-state index < -0.39 is 0 Å². The summed E-state index contributed by atoms with van der Waals surface area (Å²) in [6.45, 7) is 0. The van der Waals surface area contributed by atoms with Crippen molar-refractivity contribution in [2.75, 3.05) is 7.11 Å². The zero-order valence-electron chi connectivity index (χ0n) is 7.75. The predicted molar refractivity (Wildman–Crippen MR) is 51.5 cm³/mol. The molecule has 2 rings (SSSR count). The lowest BCUT2D eigenvalue weighted by Crippen LogP contribution is -2.22. The number of hydroxylamine groups is 1. The Morgan fingerprint density at radius 2 is 2.53 bits per heavy atom. The van der Waals surface area contributed by atoms with Crippen LogP contribution in [0, 0.1) is 0 Å². The monoisotopic (exact) mass is 225 g/mol. The summed E-state index contributed by atoms with van der Waals surface area (Å²) >= 11 is 1.29. The van der Waals surface area contributed by atoms with Gasteiger partial charge in [0.05, 0.1) is 12.8 Å². The van der Waals surface area contributed by atoms with E-state index in [1.165, 1.54) is 29.5 Å². The van der Waals surface area contributed by atoms with Crippen LogP contribution in [0.3, 0.4) is 0 Å². The fraction of sp³-hybridized carbons (Fsp3) is 0.143. The molecular formula is C7H7N5O2S. The van der Waals surface area contributed by atoms with Crippen molar-refractivity contribution in [3.63, 3.8) is 0 Å². The summed E-state index contributed by atoms with van der Waals surface area (Å²) in [6.07, 6.45) is 1.42. The van der Waals surface area contributed by atoms with Gasteiger partial charge in [0.2, 0.25) is 0 Å². The molecule has 2 heterocycles. The minimum absolute atomic E-state index is 0.321. The zero-order chi connectivity index (χ0) is 10.7. The number of hydrogen-bond acceptors (Lipinski definition) is 6. The Bertz CT molecular complexity index is 452. The lowest BCUT2D eigenvalue weighted by atomic mass is 10.4. The SMILES string of the molecule is CONC(=O)c1sccc1-n1cnnn1. The van der Waals surface area contributed by atoms with Gasteiger partial charge in [-0.3, -0.25) is 9.63 Å². The molecular weight excluding hydrogens is 218 g/mol. The maximum Gasteiger partial charge on any atom is 0.287 e. The Labute approximate surface area is 88.6 Å². The number of carbonyl (C=O) groups is 1. The molecule has 0 radical (unpaired) electrons. The second-order valence-corrected chi connectivity index (χ2v) is 3.44. The van der Waals surface area contributed by atoms with Crippen LogP contribution in [0.25, 0.3) is 5.69 Å². The average molecular weight is 225 g/mol. The molecule has 0 saturated carbocycles. The van der Waals surface area contributed by atoms with Crippen molar-refractivity contribution in [3.05, 3.63) is 22.7 Å². The Balaban J connectivity index is 2.34. The molecule has 2 aromatic heterocycles. The number of nitrogens with one attached hydrogen (secondary N) is 1. The fourth-order valence-corrected chi connectivity index (χ4v) is 1.83. The summed E-state index contributed by atoms with van der Waals surface area (Å²) in [6, 6.07) is 1.76. The molecule has 0 unspecified atom stereocenters. The highest BCUT2D eigenvalue weighted by atomic mass is 32.1. The van der Waals surface area contributed by atoms with E-state index in [1.54, 1.807) is 11.4 Å². The number of amides is 1. The zero-order valence-corrected chi connectivity index (χ0v) is 8.56. The number of aromatic nitrogens is 4. The average Bonchev–Trinajstić information content (AvgIpc) is 2.88. The van der Waals surface area contributed by atoms with Gasteiger partial charge in [-0.1, -0.05) is 0 Å². The maximum absolute atomic E-state index is 11.5. The molecule has 0 aliphatic carbocycles. The number of nitrogens with zero attached hydrogens (tertiary/aromatic N) is 4. The molecule has 0 aromatic carbocycles. The van der Waals surface area contributed by atoms with Crippen molar-refractivity contribution in [1.82, 2.24) is 25.7 Å². The molecule has 0 spiro atoms. The van der Waals surface area contributed by atoms with Crippen molar-refractivity contribution < 1.29 is 9.63 Å². The highest BCUT2D eigenvalue weighted by Gasteiger charge is 2.14. The van der Waals surface area contributed by atoms with Gasteiger partial charge in [-0.15, -0.1) is 16.4 Å². The molecule has 0 aliphatic rings. The van der Waals surface area contributed by atoms with Gasteiger partial charge in [0.1, 0.15) is 11.2 Å². The molecule has 2 aromatic rings.